The summed E-state index contributed by atoms with van der Waals surface area (Å²) in [7, 11) is 0. The van der Waals surface area contributed by atoms with Crippen LogP contribution in [0.15, 0.2) is 17.2 Å². The Morgan fingerprint density at radius 1 is 1.62 bits per heavy atom. The van der Waals surface area contributed by atoms with Crippen molar-refractivity contribution in [1.82, 2.24) is 9.38 Å². The van der Waals surface area contributed by atoms with Crippen molar-refractivity contribution in [2.45, 2.75) is 13.8 Å². The monoisotopic (exact) mass is 254 g/mol. The van der Waals surface area contributed by atoms with Crippen molar-refractivity contribution in [2.24, 2.45) is 5.92 Å². The number of aldehydes is 1. The Balaban J connectivity index is 2.57. The van der Waals surface area contributed by atoms with E-state index in [1.165, 1.54) is 11.3 Å². The van der Waals surface area contributed by atoms with E-state index in [4.69, 9.17) is 11.6 Å². The molecule has 0 N–H and O–H groups in total. The summed E-state index contributed by atoms with van der Waals surface area (Å²) in [5, 5.41) is 2.37. The van der Waals surface area contributed by atoms with E-state index < -0.39 is 0 Å². The van der Waals surface area contributed by atoms with Crippen LogP contribution >= 0.6 is 22.9 Å². The Bertz CT molecular complexity index is 553. The highest BCUT2D eigenvalue weighted by Gasteiger charge is 2.11. The predicted octanol–water partition coefficient (Wildman–Crippen LogP) is 3.29. The predicted molar refractivity (Wildman–Crippen MR) is 67.0 cm³/mol. The van der Waals surface area contributed by atoms with Crippen molar-refractivity contribution in [2.75, 3.05) is 0 Å². The van der Waals surface area contributed by atoms with Crippen molar-refractivity contribution in [3.05, 3.63) is 28.0 Å². The van der Waals surface area contributed by atoms with Gasteiger partial charge in [0.25, 0.3) is 0 Å². The van der Waals surface area contributed by atoms with Crippen LogP contribution in [0.2, 0.25) is 5.15 Å². The molecule has 0 amide bonds. The molecule has 2 aromatic rings. The number of rotatable bonds is 3. The molecule has 0 radical (unpaired) electrons. The highest BCUT2D eigenvalue weighted by Crippen LogP contribution is 2.24. The summed E-state index contributed by atoms with van der Waals surface area (Å²) in [6, 6.07) is 0. The van der Waals surface area contributed by atoms with E-state index in [0.717, 1.165) is 22.5 Å². The van der Waals surface area contributed by atoms with Crippen LogP contribution in [0.3, 0.4) is 0 Å². The average Bonchev–Trinajstić information content (AvgIpc) is 2.75. The normalized spacial score (nSPS) is 12.6. The van der Waals surface area contributed by atoms with Crippen molar-refractivity contribution in [3.8, 4) is 0 Å². The Morgan fingerprint density at radius 3 is 3.00 bits per heavy atom. The molecule has 0 spiro atoms. The lowest BCUT2D eigenvalue weighted by atomic mass is 10.0. The van der Waals surface area contributed by atoms with Crippen LogP contribution in [0.1, 0.15) is 19.5 Å². The number of hydrogen-bond acceptors (Lipinski definition) is 3. The van der Waals surface area contributed by atoms with Gasteiger partial charge in [0.15, 0.2) is 10.1 Å². The topological polar surface area (TPSA) is 34.4 Å². The fraction of sp³-hybridized carbons (Fsp3) is 0.273. The van der Waals surface area contributed by atoms with Gasteiger partial charge in [0, 0.05) is 11.6 Å². The Morgan fingerprint density at radius 2 is 2.38 bits per heavy atom. The van der Waals surface area contributed by atoms with E-state index in [1.54, 1.807) is 6.08 Å². The Kier molecular flexibility index (Phi) is 3.12. The van der Waals surface area contributed by atoms with E-state index >= 15 is 0 Å². The average molecular weight is 255 g/mol. The zero-order valence-electron chi connectivity index (χ0n) is 8.98. The molecule has 5 heteroatoms. The number of halogens is 1. The molecule has 0 bridgehead atoms. The molecule has 0 atom stereocenters. The minimum Gasteiger partial charge on any atom is -0.298 e. The van der Waals surface area contributed by atoms with Gasteiger partial charge in [-0.25, -0.2) is 4.98 Å². The molecule has 3 nitrogen and oxygen atoms in total. The molecule has 2 heterocycles. The highest BCUT2D eigenvalue weighted by atomic mass is 35.5. The van der Waals surface area contributed by atoms with Crippen molar-refractivity contribution < 1.29 is 4.79 Å². The minimum atomic E-state index is 0.178. The van der Waals surface area contributed by atoms with Crippen LogP contribution in [0.25, 0.3) is 11.0 Å². The molecule has 2 rings (SSSR count). The molecule has 0 aliphatic carbocycles. The first kappa shape index (κ1) is 11.4. The van der Waals surface area contributed by atoms with Gasteiger partial charge in [-0.15, -0.1) is 11.3 Å². The third-order valence-electron chi connectivity index (χ3n) is 2.36. The molecule has 0 aliphatic rings. The van der Waals surface area contributed by atoms with Crippen LogP contribution in [0, 0.1) is 5.92 Å². The second-order valence-corrected chi connectivity index (χ2v) is 4.99. The fourth-order valence-electron chi connectivity index (χ4n) is 1.40. The maximum Gasteiger partial charge on any atom is 0.195 e. The van der Waals surface area contributed by atoms with Crippen molar-refractivity contribution in [3.63, 3.8) is 0 Å². The minimum absolute atomic E-state index is 0.178. The molecule has 0 unspecified atom stereocenters. The maximum atomic E-state index is 10.9. The van der Waals surface area contributed by atoms with Crippen LogP contribution < -0.4 is 0 Å². The van der Waals surface area contributed by atoms with E-state index in [2.05, 4.69) is 4.98 Å². The second-order valence-electron chi connectivity index (χ2n) is 3.76. The molecule has 2 aromatic heterocycles. The molecule has 16 heavy (non-hydrogen) atoms. The fourth-order valence-corrected chi connectivity index (χ4v) is 2.40. The quantitative estimate of drug-likeness (QED) is 0.622. The van der Waals surface area contributed by atoms with Gasteiger partial charge in [-0.1, -0.05) is 25.4 Å². The van der Waals surface area contributed by atoms with E-state index in [1.807, 2.05) is 29.8 Å². The lowest BCUT2D eigenvalue weighted by Gasteiger charge is -2.02. The summed E-state index contributed by atoms with van der Waals surface area (Å²) < 4.78 is 1.89. The van der Waals surface area contributed by atoms with E-state index in [-0.39, 0.29) is 5.92 Å². The van der Waals surface area contributed by atoms with Gasteiger partial charge in [-0.05, 0) is 17.6 Å². The molecule has 0 saturated carbocycles. The highest BCUT2D eigenvalue weighted by molar-refractivity contribution is 7.15. The number of nitrogens with zero attached hydrogens (tertiary/aromatic N) is 2. The number of carbonyl (C=O) groups is 1. The van der Waals surface area contributed by atoms with E-state index in [9.17, 15) is 4.79 Å². The van der Waals surface area contributed by atoms with Gasteiger partial charge < -0.3 is 0 Å². The number of carbonyl (C=O) groups excluding carboxylic acids is 1. The number of allylic oxidation sites excluding steroid dienone is 1. The van der Waals surface area contributed by atoms with Crippen LogP contribution in [0.4, 0.5) is 0 Å². The van der Waals surface area contributed by atoms with Gasteiger partial charge >= 0.3 is 0 Å². The SMILES string of the molecule is CC(C)C(C=O)=Cc1c(Cl)nc2sccn12. The summed E-state index contributed by atoms with van der Waals surface area (Å²) in [6.45, 7) is 3.94. The Labute approximate surface area is 102 Å². The van der Waals surface area contributed by atoms with Crippen molar-refractivity contribution in [1.29, 1.82) is 0 Å². The third kappa shape index (κ3) is 1.90. The number of hydrogen-bond donors (Lipinski definition) is 0. The van der Waals surface area contributed by atoms with Crippen molar-refractivity contribution >= 4 is 40.3 Å². The van der Waals surface area contributed by atoms with Gasteiger partial charge in [-0.3, -0.25) is 9.20 Å². The zero-order valence-corrected chi connectivity index (χ0v) is 10.5. The number of aromatic nitrogens is 2. The number of imidazole rings is 1. The first-order chi connectivity index (χ1) is 7.63. The first-order valence-electron chi connectivity index (χ1n) is 4.91. The molecule has 84 valence electrons. The second kappa shape index (κ2) is 4.39. The van der Waals surface area contributed by atoms with Gasteiger partial charge in [-0.2, -0.15) is 0 Å². The van der Waals surface area contributed by atoms with Crippen LogP contribution in [-0.2, 0) is 4.79 Å². The molecular formula is C11H11ClN2OS. The smallest absolute Gasteiger partial charge is 0.195 e. The molecule has 0 fully saturated rings. The largest absolute Gasteiger partial charge is 0.298 e. The first-order valence-corrected chi connectivity index (χ1v) is 6.17. The van der Waals surface area contributed by atoms with Crippen LogP contribution in [0.5, 0.6) is 0 Å². The van der Waals surface area contributed by atoms with Crippen LogP contribution in [-0.4, -0.2) is 15.7 Å². The summed E-state index contributed by atoms with van der Waals surface area (Å²) in [6.07, 6.45) is 4.56. The zero-order chi connectivity index (χ0) is 11.7. The van der Waals surface area contributed by atoms with E-state index in [0.29, 0.717) is 5.15 Å². The number of thiazole rings is 1. The molecule has 0 aliphatic heterocycles. The summed E-state index contributed by atoms with van der Waals surface area (Å²) in [5.74, 6) is 0.178. The molecule has 0 saturated heterocycles. The van der Waals surface area contributed by atoms with Gasteiger partial charge in [0.2, 0.25) is 0 Å². The maximum absolute atomic E-state index is 10.9. The summed E-state index contributed by atoms with van der Waals surface area (Å²) in [4.78, 5) is 16.0. The summed E-state index contributed by atoms with van der Waals surface area (Å²) >= 11 is 7.54. The lowest BCUT2D eigenvalue weighted by Crippen LogP contribution is -1.96. The van der Waals surface area contributed by atoms with Gasteiger partial charge in [0.05, 0.1) is 5.69 Å². The molecular weight excluding hydrogens is 244 g/mol. The summed E-state index contributed by atoms with van der Waals surface area (Å²) in [5.41, 5.74) is 1.49. The molecule has 0 aromatic carbocycles. The Hall–Kier alpha value is -1.13. The standard InChI is InChI=1S/C11H11ClN2OS/c1-7(2)8(6-15)5-9-10(12)13-11-14(9)3-4-16-11/h3-7H,1-2H3. The number of fused-ring (bicyclic) bond motifs is 1. The van der Waals surface area contributed by atoms with Gasteiger partial charge in [0.1, 0.15) is 6.29 Å². The lowest BCUT2D eigenvalue weighted by molar-refractivity contribution is -0.105. The third-order valence-corrected chi connectivity index (χ3v) is 3.40.